The number of nitrogens with one attached hydrogen (secondary N) is 2. The van der Waals surface area contributed by atoms with Crippen molar-refractivity contribution in [3.05, 3.63) is 11.6 Å². The van der Waals surface area contributed by atoms with Gasteiger partial charge < -0.3 is 5.32 Å². The Bertz CT molecular complexity index is 373. The van der Waals surface area contributed by atoms with E-state index in [1.54, 1.807) is 0 Å². The van der Waals surface area contributed by atoms with Crippen LogP contribution in [-0.2, 0) is 0 Å². The fourth-order valence-corrected chi connectivity index (χ4v) is 2.89. The average Bonchev–Trinajstić information content (AvgIpc) is 2.76. The Balaban J connectivity index is 1.78. The van der Waals surface area contributed by atoms with Crippen molar-refractivity contribution in [1.29, 1.82) is 0 Å². The Hall–Kier alpha value is -0.900. The molecule has 0 saturated heterocycles. The highest BCUT2D eigenvalue weighted by Gasteiger charge is 2.21. The van der Waals surface area contributed by atoms with Gasteiger partial charge in [-0.1, -0.05) is 25.3 Å². The summed E-state index contributed by atoms with van der Waals surface area (Å²) in [5.41, 5.74) is 5.48. The van der Waals surface area contributed by atoms with Crippen LogP contribution in [0.5, 0.6) is 0 Å². The molecule has 1 saturated carbocycles. The van der Waals surface area contributed by atoms with Crippen LogP contribution < -0.4 is 10.7 Å². The zero-order chi connectivity index (χ0) is 13.0. The Kier molecular flexibility index (Phi) is 4.75. The second kappa shape index (κ2) is 6.32. The molecule has 0 aromatic carbocycles. The minimum atomic E-state index is 0.514. The summed E-state index contributed by atoms with van der Waals surface area (Å²) in [7, 11) is 0. The molecule has 3 nitrogen and oxygen atoms in total. The summed E-state index contributed by atoms with van der Waals surface area (Å²) in [6, 6.07) is 0.514. The molecule has 2 aliphatic carbocycles. The number of hydrogen-bond donors (Lipinski definition) is 2. The van der Waals surface area contributed by atoms with Gasteiger partial charge in [-0.05, 0) is 56.8 Å². The summed E-state index contributed by atoms with van der Waals surface area (Å²) in [5, 5.41) is 8.41. The molecule has 1 fully saturated rings. The summed E-state index contributed by atoms with van der Waals surface area (Å²) < 4.78 is 0. The van der Waals surface area contributed by atoms with E-state index in [0.717, 1.165) is 18.6 Å². The van der Waals surface area contributed by atoms with Gasteiger partial charge in [0.2, 0.25) is 0 Å². The van der Waals surface area contributed by atoms with Crippen LogP contribution in [-0.4, -0.2) is 16.9 Å². The molecule has 0 aromatic heterocycles. The monoisotopic (exact) mass is 265 g/mol. The van der Waals surface area contributed by atoms with Crippen molar-refractivity contribution >= 4 is 23.0 Å². The lowest BCUT2D eigenvalue weighted by molar-refractivity contribution is 0.308. The van der Waals surface area contributed by atoms with Crippen LogP contribution in [0.2, 0.25) is 0 Å². The summed E-state index contributed by atoms with van der Waals surface area (Å²) in [6.07, 6.45) is 9.47. The van der Waals surface area contributed by atoms with Crippen molar-refractivity contribution in [3.8, 4) is 0 Å². The van der Waals surface area contributed by atoms with Crippen LogP contribution in [0.4, 0.5) is 0 Å². The SMILES string of the molecule is CC1=C/C(=N\NC(=S)N[C@H]2CCCC[C@H]2C)CC1. The van der Waals surface area contributed by atoms with Gasteiger partial charge in [-0.3, -0.25) is 5.43 Å². The normalized spacial score (nSPS) is 30.1. The first-order valence-corrected chi connectivity index (χ1v) is 7.36. The summed E-state index contributed by atoms with van der Waals surface area (Å²) in [4.78, 5) is 0. The Morgan fingerprint density at radius 3 is 2.78 bits per heavy atom. The maximum Gasteiger partial charge on any atom is 0.187 e. The van der Waals surface area contributed by atoms with Crippen molar-refractivity contribution in [3.63, 3.8) is 0 Å². The number of allylic oxidation sites excluding steroid dienone is 2. The maximum absolute atomic E-state index is 5.30. The molecule has 2 atom stereocenters. The van der Waals surface area contributed by atoms with E-state index < -0.39 is 0 Å². The van der Waals surface area contributed by atoms with E-state index in [0.29, 0.717) is 17.1 Å². The van der Waals surface area contributed by atoms with Gasteiger partial charge in [0.15, 0.2) is 5.11 Å². The number of hydrazone groups is 1. The van der Waals surface area contributed by atoms with Gasteiger partial charge in [0.25, 0.3) is 0 Å². The largest absolute Gasteiger partial charge is 0.358 e. The van der Waals surface area contributed by atoms with Crippen LogP contribution in [0.3, 0.4) is 0 Å². The first-order chi connectivity index (χ1) is 8.65. The molecule has 0 bridgehead atoms. The molecule has 0 unspecified atom stereocenters. The first-order valence-electron chi connectivity index (χ1n) is 6.95. The van der Waals surface area contributed by atoms with E-state index >= 15 is 0 Å². The lowest BCUT2D eigenvalue weighted by Crippen LogP contribution is -2.44. The van der Waals surface area contributed by atoms with Crippen molar-refractivity contribution < 1.29 is 0 Å². The van der Waals surface area contributed by atoms with Gasteiger partial charge in [-0.25, -0.2) is 0 Å². The quantitative estimate of drug-likeness (QED) is 0.595. The zero-order valence-corrected chi connectivity index (χ0v) is 12.1. The summed E-state index contributed by atoms with van der Waals surface area (Å²) >= 11 is 5.30. The fourth-order valence-electron chi connectivity index (χ4n) is 2.70. The van der Waals surface area contributed by atoms with Crippen molar-refractivity contribution in [2.45, 2.75) is 58.4 Å². The Morgan fingerprint density at radius 2 is 2.11 bits per heavy atom. The molecule has 2 N–H and O–H groups in total. The molecular weight excluding hydrogens is 242 g/mol. The van der Waals surface area contributed by atoms with Gasteiger partial charge in [0.1, 0.15) is 0 Å². The van der Waals surface area contributed by atoms with E-state index in [2.05, 4.69) is 35.8 Å². The minimum absolute atomic E-state index is 0.514. The molecule has 0 spiro atoms. The smallest absolute Gasteiger partial charge is 0.187 e. The molecule has 2 rings (SSSR count). The first kappa shape index (κ1) is 13.5. The van der Waals surface area contributed by atoms with Crippen LogP contribution >= 0.6 is 12.2 Å². The average molecular weight is 265 g/mol. The molecule has 4 heteroatoms. The highest BCUT2D eigenvalue weighted by atomic mass is 32.1. The van der Waals surface area contributed by atoms with Gasteiger partial charge in [-0.15, -0.1) is 0 Å². The zero-order valence-electron chi connectivity index (χ0n) is 11.3. The highest BCUT2D eigenvalue weighted by molar-refractivity contribution is 7.80. The molecule has 0 radical (unpaired) electrons. The molecular formula is C14H23N3S. The molecule has 18 heavy (non-hydrogen) atoms. The Labute approximate surface area is 115 Å². The predicted molar refractivity (Wildman–Crippen MR) is 80.7 cm³/mol. The summed E-state index contributed by atoms with van der Waals surface area (Å²) in [5.74, 6) is 0.708. The van der Waals surface area contributed by atoms with E-state index in [-0.39, 0.29) is 0 Å². The van der Waals surface area contributed by atoms with Crippen molar-refractivity contribution in [2.75, 3.05) is 0 Å². The molecule has 2 aliphatic rings. The minimum Gasteiger partial charge on any atom is -0.358 e. The molecule has 100 valence electrons. The van der Waals surface area contributed by atoms with Gasteiger partial charge >= 0.3 is 0 Å². The number of rotatable bonds is 2. The van der Waals surface area contributed by atoms with Crippen LogP contribution in [0, 0.1) is 5.92 Å². The van der Waals surface area contributed by atoms with Gasteiger partial charge in [0.05, 0.1) is 5.71 Å². The van der Waals surface area contributed by atoms with Gasteiger partial charge in [-0.2, -0.15) is 5.10 Å². The number of nitrogens with zero attached hydrogens (tertiary/aromatic N) is 1. The maximum atomic E-state index is 5.30. The second-order valence-electron chi connectivity index (χ2n) is 5.55. The fraction of sp³-hybridized carbons (Fsp3) is 0.714. The topological polar surface area (TPSA) is 36.4 Å². The Morgan fingerprint density at radius 1 is 1.33 bits per heavy atom. The van der Waals surface area contributed by atoms with E-state index in [1.165, 1.54) is 31.3 Å². The molecule has 0 aliphatic heterocycles. The third-order valence-corrected chi connectivity index (χ3v) is 4.13. The third-order valence-electron chi connectivity index (χ3n) is 3.92. The number of hydrogen-bond acceptors (Lipinski definition) is 2. The van der Waals surface area contributed by atoms with E-state index in [4.69, 9.17) is 12.2 Å². The van der Waals surface area contributed by atoms with Gasteiger partial charge in [0, 0.05) is 6.04 Å². The predicted octanol–water partition coefficient (Wildman–Crippen LogP) is 3.13. The van der Waals surface area contributed by atoms with Crippen molar-refractivity contribution in [1.82, 2.24) is 10.7 Å². The summed E-state index contributed by atoms with van der Waals surface area (Å²) in [6.45, 7) is 4.44. The highest BCUT2D eigenvalue weighted by Crippen LogP contribution is 2.23. The van der Waals surface area contributed by atoms with Crippen LogP contribution in [0.25, 0.3) is 0 Å². The molecule has 0 aromatic rings. The van der Waals surface area contributed by atoms with Crippen LogP contribution in [0.1, 0.15) is 52.4 Å². The van der Waals surface area contributed by atoms with Crippen molar-refractivity contribution in [2.24, 2.45) is 11.0 Å². The van der Waals surface area contributed by atoms with Crippen LogP contribution in [0.15, 0.2) is 16.8 Å². The standard InChI is InChI=1S/C14H23N3S/c1-10-7-8-12(9-10)16-17-14(18)15-13-6-4-3-5-11(13)2/h9,11,13H,3-8H2,1-2H3,(H2,15,17,18)/b16-12-/t11-,13+/m1/s1. The molecule has 0 heterocycles. The third kappa shape index (κ3) is 3.80. The second-order valence-corrected chi connectivity index (χ2v) is 5.96. The van der Waals surface area contributed by atoms with E-state index in [1.807, 2.05) is 0 Å². The lowest BCUT2D eigenvalue weighted by atomic mass is 9.86. The lowest BCUT2D eigenvalue weighted by Gasteiger charge is -2.30. The number of thiocarbonyl (C=S) groups is 1. The molecule has 0 amide bonds. The van der Waals surface area contributed by atoms with E-state index in [9.17, 15) is 0 Å².